The molecule has 1 aromatic rings. The maximum absolute atomic E-state index is 11.7. The van der Waals surface area contributed by atoms with Gasteiger partial charge in [0.15, 0.2) is 0 Å². The summed E-state index contributed by atoms with van der Waals surface area (Å²) >= 11 is 0. The highest BCUT2D eigenvalue weighted by Crippen LogP contribution is 2.18. The van der Waals surface area contributed by atoms with E-state index in [9.17, 15) is 9.59 Å². The Balaban J connectivity index is 2.97. The number of carbonyl (C=O) groups excluding carboxylic acids is 2. The van der Waals surface area contributed by atoms with Crippen LogP contribution in [0.2, 0.25) is 0 Å². The first-order valence-electron chi connectivity index (χ1n) is 5.27. The monoisotopic (exact) mass is 231 g/mol. The van der Waals surface area contributed by atoms with E-state index in [0.717, 1.165) is 5.56 Å². The second-order valence-electron chi connectivity index (χ2n) is 3.56. The maximum Gasteiger partial charge on any atom is 0.376 e. The van der Waals surface area contributed by atoms with E-state index in [-0.39, 0.29) is 6.61 Å². The fraction of sp³-hybridized carbons (Fsp3) is 0.308. The molecule has 0 radical (unpaired) electrons. The second kappa shape index (κ2) is 5.80. The summed E-state index contributed by atoms with van der Waals surface area (Å²) in [5.74, 6) is -2.87. The normalized spacial score (nSPS) is 11.4. The zero-order valence-electron chi connectivity index (χ0n) is 9.77. The quantitative estimate of drug-likeness (QED) is 0.584. The molecule has 4 nitrogen and oxygen atoms in total. The van der Waals surface area contributed by atoms with Crippen LogP contribution in [0.4, 0.5) is 0 Å². The van der Waals surface area contributed by atoms with Crippen LogP contribution >= 0.6 is 0 Å². The van der Waals surface area contributed by atoms with Gasteiger partial charge in [0.25, 0.3) is 5.78 Å². The summed E-state index contributed by atoms with van der Waals surface area (Å²) in [5, 5.41) is 8.98. The van der Waals surface area contributed by atoms with Crippen molar-refractivity contribution in [3.8, 4) is 6.07 Å². The van der Waals surface area contributed by atoms with Gasteiger partial charge in [-0.25, -0.2) is 4.79 Å². The molecule has 4 heteroatoms. The number of ketones is 1. The van der Waals surface area contributed by atoms with Crippen molar-refractivity contribution in [1.82, 2.24) is 0 Å². The predicted molar refractivity (Wildman–Crippen MR) is 61.2 cm³/mol. The number of nitriles is 1. The van der Waals surface area contributed by atoms with Gasteiger partial charge in [-0.2, -0.15) is 5.26 Å². The summed E-state index contributed by atoms with van der Waals surface area (Å²) in [6.07, 6.45) is 0. The molecule has 88 valence electrons. The lowest BCUT2D eigenvalue weighted by molar-refractivity contribution is -0.153. The Hall–Kier alpha value is -2.15. The molecule has 0 saturated heterocycles. The summed E-state index contributed by atoms with van der Waals surface area (Å²) in [6, 6.07) is 8.80. The van der Waals surface area contributed by atoms with Gasteiger partial charge < -0.3 is 4.74 Å². The Bertz CT molecular complexity index is 474. The number of nitrogens with zero attached hydrogens (tertiary/aromatic N) is 1. The highest BCUT2D eigenvalue weighted by atomic mass is 16.5. The van der Waals surface area contributed by atoms with Crippen LogP contribution in [-0.4, -0.2) is 18.4 Å². The lowest BCUT2D eigenvalue weighted by atomic mass is 9.95. The molecule has 0 bridgehead atoms. The number of rotatable bonds is 4. The van der Waals surface area contributed by atoms with Crippen LogP contribution in [0, 0.1) is 18.3 Å². The minimum atomic E-state index is -1.09. The van der Waals surface area contributed by atoms with E-state index in [0.29, 0.717) is 5.56 Å². The first kappa shape index (κ1) is 12.9. The molecule has 1 rings (SSSR count). The van der Waals surface area contributed by atoms with Crippen LogP contribution in [0.25, 0.3) is 0 Å². The van der Waals surface area contributed by atoms with Crippen LogP contribution in [0.3, 0.4) is 0 Å². The van der Waals surface area contributed by atoms with Gasteiger partial charge in [-0.15, -0.1) is 0 Å². The van der Waals surface area contributed by atoms with Gasteiger partial charge in [0.2, 0.25) is 0 Å². The average molecular weight is 231 g/mol. The predicted octanol–water partition coefficient (Wildman–Crippen LogP) is 1.73. The van der Waals surface area contributed by atoms with E-state index in [1.165, 1.54) is 0 Å². The van der Waals surface area contributed by atoms with Crippen molar-refractivity contribution in [2.45, 2.75) is 19.8 Å². The molecule has 0 aliphatic rings. The van der Waals surface area contributed by atoms with Gasteiger partial charge in [-0.3, -0.25) is 4.79 Å². The van der Waals surface area contributed by atoms with Gasteiger partial charge in [0.05, 0.1) is 12.7 Å². The maximum atomic E-state index is 11.7. The molecule has 0 aliphatic heterocycles. The van der Waals surface area contributed by atoms with Gasteiger partial charge in [-0.1, -0.05) is 29.8 Å². The first-order valence-corrected chi connectivity index (χ1v) is 5.27. The van der Waals surface area contributed by atoms with Crippen LogP contribution in [0.1, 0.15) is 24.0 Å². The Morgan fingerprint density at radius 2 is 2.18 bits per heavy atom. The summed E-state index contributed by atoms with van der Waals surface area (Å²) < 4.78 is 4.60. The van der Waals surface area contributed by atoms with Crippen LogP contribution in [0.15, 0.2) is 24.3 Å². The molecule has 0 amide bonds. The van der Waals surface area contributed by atoms with Crippen molar-refractivity contribution >= 4 is 11.8 Å². The third-order valence-corrected chi connectivity index (χ3v) is 2.24. The number of aryl methyl sites for hydroxylation is 1. The van der Waals surface area contributed by atoms with Gasteiger partial charge in [0.1, 0.15) is 5.92 Å². The second-order valence-corrected chi connectivity index (χ2v) is 3.56. The molecule has 1 unspecified atom stereocenters. The summed E-state index contributed by atoms with van der Waals surface area (Å²) in [4.78, 5) is 23.0. The van der Waals surface area contributed by atoms with Crippen molar-refractivity contribution in [3.63, 3.8) is 0 Å². The van der Waals surface area contributed by atoms with Crippen molar-refractivity contribution in [1.29, 1.82) is 5.26 Å². The molecule has 17 heavy (non-hydrogen) atoms. The van der Waals surface area contributed by atoms with Crippen LogP contribution in [-0.2, 0) is 14.3 Å². The Morgan fingerprint density at radius 1 is 1.47 bits per heavy atom. The van der Waals surface area contributed by atoms with E-state index in [1.54, 1.807) is 25.1 Å². The van der Waals surface area contributed by atoms with E-state index in [4.69, 9.17) is 5.26 Å². The lowest BCUT2D eigenvalue weighted by Crippen LogP contribution is -2.23. The van der Waals surface area contributed by atoms with Crippen molar-refractivity contribution in [2.75, 3.05) is 6.61 Å². The van der Waals surface area contributed by atoms with E-state index in [1.807, 2.05) is 19.1 Å². The van der Waals surface area contributed by atoms with Crippen molar-refractivity contribution < 1.29 is 14.3 Å². The third-order valence-electron chi connectivity index (χ3n) is 2.24. The van der Waals surface area contributed by atoms with Gasteiger partial charge in [-0.05, 0) is 19.4 Å². The SMILES string of the molecule is CCOC(=O)C(=O)C(C#N)c1cccc(C)c1. The lowest BCUT2D eigenvalue weighted by Gasteiger charge is -2.08. The molecule has 0 aromatic heterocycles. The Morgan fingerprint density at radius 3 is 2.71 bits per heavy atom. The third kappa shape index (κ3) is 3.15. The van der Waals surface area contributed by atoms with Gasteiger partial charge >= 0.3 is 5.97 Å². The molecule has 0 N–H and O–H groups in total. The largest absolute Gasteiger partial charge is 0.460 e. The zero-order chi connectivity index (χ0) is 12.8. The summed E-state index contributed by atoms with van der Waals surface area (Å²) in [5.41, 5.74) is 1.45. The molecule has 1 aromatic carbocycles. The number of carbonyl (C=O) groups is 2. The molecule has 0 fully saturated rings. The molecule has 0 heterocycles. The van der Waals surface area contributed by atoms with E-state index in [2.05, 4.69) is 4.74 Å². The molecular formula is C13H13NO3. The fourth-order valence-electron chi connectivity index (χ4n) is 1.45. The van der Waals surface area contributed by atoms with Crippen molar-refractivity contribution in [2.24, 2.45) is 0 Å². The fourth-order valence-corrected chi connectivity index (χ4v) is 1.45. The minimum Gasteiger partial charge on any atom is -0.460 e. The highest BCUT2D eigenvalue weighted by molar-refractivity contribution is 6.36. The van der Waals surface area contributed by atoms with E-state index < -0.39 is 17.7 Å². The molecule has 1 atom stereocenters. The number of hydrogen-bond donors (Lipinski definition) is 0. The Labute approximate surface area is 99.8 Å². The minimum absolute atomic E-state index is 0.122. The smallest absolute Gasteiger partial charge is 0.376 e. The number of hydrogen-bond acceptors (Lipinski definition) is 4. The van der Waals surface area contributed by atoms with E-state index >= 15 is 0 Å². The topological polar surface area (TPSA) is 67.2 Å². The molecule has 0 spiro atoms. The number of Topliss-reactive ketones (excluding diaryl/α,β-unsaturated/α-hetero) is 1. The molecular weight excluding hydrogens is 218 g/mol. The zero-order valence-corrected chi connectivity index (χ0v) is 9.77. The van der Waals surface area contributed by atoms with Crippen molar-refractivity contribution in [3.05, 3.63) is 35.4 Å². The molecule has 0 aliphatic carbocycles. The number of benzene rings is 1. The Kier molecular flexibility index (Phi) is 4.41. The highest BCUT2D eigenvalue weighted by Gasteiger charge is 2.27. The number of esters is 1. The summed E-state index contributed by atoms with van der Waals surface area (Å²) in [6.45, 7) is 3.59. The van der Waals surface area contributed by atoms with Crippen LogP contribution in [0.5, 0.6) is 0 Å². The van der Waals surface area contributed by atoms with Gasteiger partial charge in [0, 0.05) is 0 Å². The molecule has 0 saturated carbocycles. The average Bonchev–Trinajstić information content (AvgIpc) is 2.30. The standard InChI is InChI=1S/C13H13NO3/c1-3-17-13(16)12(15)11(8-14)10-6-4-5-9(2)7-10/h4-7,11H,3H2,1-2H3. The number of ether oxygens (including phenoxy) is 1. The first-order chi connectivity index (χ1) is 8.10. The van der Waals surface area contributed by atoms with Crippen LogP contribution < -0.4 is 0 Å². The summed E-state index contributed by atoms with van der Waals surface area (Å²) in [7, 11) is 0.